The SMILES string of the molecule is CCCCC(CCC)Nc1cc(Br)cc(C(=O)O)c1. The Kier molecular flexibility index (Phi) is 6.92. The van der Waals surface area contributed by atoms with Crippen LogP contribution in [0, 0.1) is 0 Å². The zero-order valence-corrected chi connectivity index (χ0v) is 13.2. The van der Waals surface area contributed by atoms with E-state index in [0.717, 1.165) is 29.4 Å². The first-order chi connectivity index (χ1) is 9.06. The topological polar surface area (TPSA) is 49.3 Å². The molecule has 19 heavy (non-hydrogen) atoms. The van der Waals surface area contributed by atoms with E-state index in [0.29, 0.717) is 11.6 Å². The van der Waals surface area contributed by atoms with Crippen molar-refractivity contribution in [1.82, 2.24) is 0 Å². The van der Waals surface area contributed by atoms with Crippen LogP contribution in [0.2, 0.25) is 0 Å². The molecule has 1 unspecified atom stereocenters. The molecule has 3 nitrogen and oxygen atoms in total. The second kappa shape index (κ2) is 8.20. The summed E-state index contributed by atoms with van der Waals surface area (Å²) < 4.78 is 0.792. The lowest BCUT2D eigenvalue weighted by Gasteiger charge is -2.19. The number of nitrogens with one attached hydrogen (secondary N) is 1. The molecule has 0 bridgehead atoms. The van der Waals surface area contributed by atoms with Gasteiger partial charge in [0.15, 0.2) is 0 Å². The second-order valence-corrected chi connectivity index (χ2v) is 5.72. The molecule has 1 aromatic rings. The summed E-state index contributed by atoms with van der Waals surface area (Å²) in [6, 6.07) is 5.66. The minimum atomic E-state index is -0.898. The van der Waals surface area contributed by atoms with Crippen molar-refractivity contribution in [3.05, 3.63) is 28.2 Å². The lowest BCUT2D eigenvalue weighted by molar-refractivity contribution is 0.0697. The van der Waals surface area contributed by atoms with Gasteiger partial charge in [-0.1, -0.05) is 49.0 Å². The van der Waals surface area contributed by atoms with E-state index >= 15 is 0 Å². The number of aromatic carboxylic acids is 1. The molecule has 0 aliphatic rings. The number of rotatable bonds is 8. The summed E-state index contributed by atoms with van der Waals surface area (Å²) in [5.74, 6) is -0.898. The van der Waals surface area contributed by atoms with E-state index in [1.165, 1.54) is 12.8 Å². The highest BCUT2D eigenvalue weighted by Gasteiger charge is 2.10. The molecule has 4 heteroatoms. The maximum Gasteiger partial charge on any atom is 0.335 e. The highest BCUT2D eigenvalue weighted by atomic mass is 79.9. The van der Waals surface area contributed by atoms with E-state index in [9.17, 15) is 4.79 Å². The molecule has 0 fully saturated rings. The molecule has 0 heterocycles. The number of anilines is 1. The van der Waals surface area contributed by atoms with Gasteiger partial charge in [0.2, 0.25) is 0 Å². The summed E-state index contributed by atoms with van der Waals surface area (Å²) in [6.45, 7) is 4.36. The smallest absolute Gasteiger partial charge is 0.335 e. The van der Waals surface area contributed by atoms with Gasteiger partial charge < -0.3 is 10.4 Å². The summed E-state index contributed by atoms with van der Waals surface area (Å²) in [5, 5.41) is 12.5. The van der Waals surface area contributed by atoms with Crippen molar-refractivity contribution in [2.75, 3.05) is 5.32 Å². The Balaban J connectivity index is 2.79. The van der Waals surface area contributed by atoms with Crippen LogP contribution in [0.25, 0.3) is 0 Å². The molecule has 0 radical (unpaired) electrons. The van der Waals surface area contributed by atoms with E-state index < -0.39 is 5.97 Å². The van der Waals surface area contributed by atoms with Crippen LogP contribution in [0.1, 0.15) is 56.3 Å². The molecule has 0 saturated heterocycles. The zero-order valence-electron chi connectivity index (χ0n) is 11.6. The van der Waals surface area contributed by atoms with Crippen LogP contribution in [0.4, 0.5) is 5.69 Å². The van der Waals surface area contributed by atoms with E-state index in [4.69, 9.17) is 5.11 Å². The third-order valence-corrected chi connectivity index (χ3v) is 3.52. The molecule has 1 atom stereocenters. The van der Waals surface area contributed by atoms with E-state index in [-0.39, 0.29) is 0 Å². The summed E-state index contributed by atoms with van der Waals surface area (Å²) >= 11 is 3.36. The third kappa shape index (κ3) is 5.64. The van der Waals surface area contributed by atoms with Gasteiger partial charge in [0.25, 0.3) is 0 Å². The second-order valence-electron chi connectivity index (χ2n) is 4.81. The van der Waals surface area contributed by atoms with Crippen molar-refractivity contribution in [2.45, 2.75) is 52.0 Å². The van der Waals surface area contributed by atoms with Crippen LogP contribution < -0.4 is 5.32 Å². The van der Waals surface area contributed by atoms with Crippen molar-refractivity contribution in [3.63, 3.8) is 0 Å². The van der Waals surface area contributed by atoms with Crippen molar-refractivity contribution in [1.29, 1.82) is 0 Å². The lowest BCUT2D eigenvalue weighted by atomic mass is 10.0. The first-order valence-corrected chi connectivity index (χ1v) is 7.66. The molecule has 0 aromatic heterocycles. The van der Waals surface area contributed by atoms with Gasteiger partial charge in [0, 0.05) is 16.2 Å². The summed E-state index contributed by atoms with van der Waals surface area (Å²) in [4.78, 5) is 11.0. The van der Waals surface area contributed by atoms with E-state index in [1.807, 2.05) is 6.07 Å². The monoisotopic (exact) mass is 327 g/mol. The van der Waals surface area contributed by atoms with Gasteiger partial charge in [0.1, 0.15) is 0 Å². The summed E-state index contributed by atoms with van der Waals surface area (Å²) in [5.41, 5.74) is 1.18. The van der Waals surface area contributed by atoms with Gasteiger partial charge in [-0.2, -0.15) is 0 Å². The Labute approximate surface area is 123 Å². The van der Waals surface area contributed by atoms with Crippen LogP contribution in [0.15, 0.2) is 22.7 Å². The van der Waals surface area contributed by atoms with Crippen molar-refractivity contribution >= 4 is 27.6 Å². The largest absolute Gasteiger partial charge is 0.478 e. The molecular weight excluding hydrogens is 306 g/mol. The van der Waals surface area contributed by atoms with Gasteiger partial charge >= 0.3 is 5.97 Å². The molecule has 0 saturated carbocycles. The molecule has 106 valence electrons. The minimum absolute atomic E-state index is 0.308. The molecule has 0 aliphatic heterocycles. The summed E-state index contributed by atoms with van der Waals surface area (Å²) in [7, 11) is 0. The van der Waals surface area contributed by atoms with Crippen LogP contribution >= 0.6 is 15.9 Å². The van der Waals surface area contributed by atoms with Gasteiger partial charge in [0.05, 0.1) is 5.56 Å². The Morgan fingerprint density at radius 3 is 2.58 bits per heavy atom. The number of carbonyl (C=O) groups is 1. The maximum absolute atomic E-state index is 11.0. The average molecular weight is 328 g/mol. The van der Waals surface area contributed by atoms with Crippen LogP contribution in [-0.2, 0) is 0 Å². The molecule has 0 aliphatic carbocycles. The minimum Gasteiger partial charge on any atom is -0.478 e. The molecule has 0 spiro atoms. The number of unbranched alkanes of at least 4 members (excludes halogenated alkanes) is 1. The Hall–Kier alpha value is -1.03. The first kappa shape index (κ1) is 16.0. The molecule has 2 N–H and O–H groups in total. The number of carboxylic acids is 1. The van der Waals surface area contributed by atoms with Crippen LogP contribution in [0.5, 0.6) is 0 Å². The number of benzene rings is 1. The van der Waals surface area contributed by atoms with Crippen LogP contribution in [0.3, 0.4) is 0 Å². The molecule has 1 rings (SSSR count). The zero-order chi connectivity index (χ0) is 14.3. The Morgan fingerprint density at radius 1 is 1.26 bits per heavy atom. The third-order valence-electron chi connectivity index (χ3n) is 3.06. The molecule has 1 aromatic carbocycles. The maximum atomic E-state index is 11.0. The standard InChI is InChI=1S/C15H22BrNO2/c1-3-5-7-13(6-4-2)17-14-9-11(15(18)19)8-12(16)10-14/h8-10,13,17H,3-7H2,1-2H3,(H,18,19). The number of hydrogen-bond acceptors (Lipinski definition) is 2. The average Bonchev–Trinajstić information content (AvgIpc) is 2.35. The number of carboxylic acid groups (broad SMARTS) is 1. The quantitative estimate of drug-likeness (QED) is 0.712. The first-order valence-electron chi connectivity index (χ1n) is 6.87. The van der Waals surface area contributed by atoms with Gasteiger partial charge in [-0.25, -0.2) is 4.79 Å². The fourth-order valence-corrected chi connectivity index (χ4v) is 2.61. The predicted molar refractivity (Wildman–Crippen MR) is 82.9 cm³/mol. The normalized spacial score (nSPS) is 12.2. The van der Waals surface area contributed by atoms with Crippen molar-refractivity contribution in [3.8, 4) is 0 Å². The molecular formula is C15H22BrNO2. The predicted octanol–water partition coefficient (Wildman–Crippen LogP) is 4.92. The number of halogens is 1. The van der Waals surface area contributed by atoms with Gasteiger partial charge in [-0.15, -0.1) is 0 Å². The Morgan fingerprint density at radius 2 is 2.00 bits per heavy atom. The van der Waals surface area contributed by atoms with E-state index in [2.05, 4.69) is 35.1 Å². The highest BCUT2D eigenvalue weighted by molar-refractivity contribution is 9.10. The fourth-order valence-electron chi connectivity index (χ4n) is 2.12. The van der Waals surface area contributed by atoms with Crippen LogP contribution in [-0.4, -0.2) is 17.1 Å². The number of hydrogen-bond donors (Lipinski definition) is 2. The Bertz CT molecular complexity index is 421. The fraction of sp³-hybridized carbons (Fsp3) is 0.533. The van der Waals surface area contributed by atoms with Gasteiger partial charge in [-0.05, 0) is 31.0 Å². The van der Waals surface area contributed by atoms with Crippen molar-refractivity contribution in [2.24, 2.45) is 0 Å². The lowest BCUT2D eigenvalue weighted by Crippen LogP contribution is -2.19. The van der Waals surface area contributed by atoms with Crippen molar-refractivity contribution < 1.29 is 9.90 Å². The van der Waals surface area contributed by atoms with E-state index in [1.54, 1.807) is 12.1 Å². The highest BCUT2D eigenvalue weighted by Crippen LogP contribution is 2.22. The summed E-state index contributed by atoms with van der Waals surface area (Å²) in [6.07, 6.45) is 5.73. The van der Waals surface area contributed by atoms with Gasteiger partial charge in [-0.3, -0.25) is 0 Å². The molecule has 0 amide bonds.